The number of nitrogens with zero attached hydrogens (tertiary/aromatic N) is 4. The van der Waals surface area contributed by atoms with Gasteiger partial charge in [0, 0.05) is 6.42 Å². The average molecular weight is 380 g/mol. The molecule has 3 rings (SSSR count). The molecule has 0 spiro atoms. The van der Waals surface area contributed by atoms with Crippen LogP contribution < -0.4 is 0 Å². The second kappa shape index (κ2) is 7.22. The number of oxazole rings is 1. The molecule has 0 aliphatic heterocycles. The number of halogens is 3. The summed E-state index contributed by atoms with van der Waals surface area (Å²) in [6.07, 6.45) is -2.67. The van der Waals surface area contributed by atoms with E-state index in [1.165, 1.54) is 18.3 Å². The number of aryl methyl sites for hydroxylation is 2. The molecule has 2 aromatic heterocycles. The van der Waals surface area contributed by atoms with Gasteiger partial charge in [0.2, 0.25) is 0 Å². The van der Waals surface area contributed by atoms with E-state index < -0.39 is 17.7 Å². The number of carbonyl (C=O) groups excluding carboxylic acids is 1. The van der Waals surface area contributed by atoms with Crippen LogP contribution in [0.2, 0.25) is 0 Å². The van der Waals surface area contributed by atoms with E-state index in [0.29, 0.717) is 23.8 Å². The highest BCUT2D eigenvalue weighted by Gasteiger charge is 2.30. The molecule has 0 N–H and O–H groups in total. The predicted molar refractivity (Wildman–Crippen MR) is 86.1 cm³/mol. The molecule has 7 nitrogen and oxygen atoms in total. The Morgan fingerprint density at radius 1 is 1.33 bits per heavy atom. The van der Waals surface area contributed by atoms with Crippen LogP contribution in [-0.2, 0) is 23.9 Å². The van der Waals surface area contributed by atoms with Crippen molar-refractivity contribution >= 4 is 5.97 Å². The summed E-state index contributed by atoms with van der Waals surface area (Å²) >= 11 is 0. The molecular formula is C17H15F3N4O3. The minimum atomic E-state index is -4.48. The standard InChI is InChI=1S/C17H15F3N4O3/c1-3-15-21-10(2)14(27-15)9-26-16(25)13-8-24(23-22-13)12-6-4-5-11(7-12)17(18,19)20/h4-8H,3,9H2,1-2H3. The Kier molecular flexibility index (Phi) is 4.98. The lowest BCUT2D eigenvalue weighted by Gasteiger charge is -2.08. The lowest BCUT2D eigenvalue weighted by atomic mass is 10.2. The summed E-state index contributed by atoms with van der Waals surface area (Å²) in [7, 11) is 0. The van der Waals surface area contributed by atoms with E-state index in [-0.39, 0.29) is 18.0 Å². The summed E-state index contributed by atoms with van der Waals surface area (Å²) in [6, 6.07) is 4.52. The molecule has 0 bridgehead atoms. The topological polar surface area (TPSA) is 83.0 Å². The van der Waals surface area contributed by atoms with E-state index in [9.17, 15) is 18.0 Å². The predicted octanol–water partition coefficient (Wildman–Crippen LogP) is 3.50. The Hall–Kier alpha value is -3.17. The van der Waals surface area contributed by atoms with Gasteiger partial charge < -0.3 is 9.15 Å². The van der Waals surface area contributed by atoms with Crippen LogP contribution in [0.15, 0.2) is 34.9 Å². The van der Waals surface area contributed by atoms with Crippen molar-refractivity contribution in [2.24, 2.45) is 0 Å². The number of ether oxygens (including phenoxy) is 1. The number of hydrogen-bond donors (Lipinski definition) is 0. The SMILES string of the molecule is CCc1nc(C)c(COC(=O)c2cn(-c3cccc(C(F)(F)F)c3)nn2)o1. The molecule has 0 atom stereocenters. The lowest BCUT2D eigenvalue weighted by molar-refractivity contribution is -0.137. The molecule has 142 valence electrons. The van der Waals surface area contributed by atoms with Gasteiger partial charge >= 0.3 is 12.1 Å². The molecule has 10 heteroatoms. The van der Waals surface area contributed by atoms with Crippen LogP contribution in [0.1, 0.15) is 40.3 Å². The van der Waals surface area contributed by atoms with Crippen LogP contribution in [0.4, 0.5) is 13.2 Å². The summed E-state index contributed by atoms with van der Waals surface area (Å²) in [6.45, 7) is 3.48. The lowest BCUT2D eigenvalue weighted by Crippen LogP contribution is -2.06. The van der Waals surface area contributed by atoms with E-state index in [0.717, 1.165) is 16.8 Å². The van der Waals surface area contributed by atoms with Gasteiger partial charge in [0.05, 0.1) is 23.1 Å². The van der Waals surface area contributed by atoms with Gasteiger partial charge in [-0.05, 0) is 25.1 Å². The third kappa shape index (κ3) is 4.15. The molecule has 0 saturated carbocycles. The molecule has 27 heavy (non-hydrogen) atoms. The van der Waals surface area contributed by atoms with Gasteiger partial charge in [-0.1, -0.05) is 18.2 Å². The van der Waals surface area contributed by atoms with Gasteiger partial charge in [-0.3, -0.25) is 0 Å². The molecule has 0 amide bonds. The van der Waals surface area contributed by atoms with Crippen molar-refractivity contribution in [3.8, 4) is 5.69 Å². The molecule has 0 saturated heterocycles. The molecule has 0 unspecified atom stereocenters. The number of rotatable bonds is 5. The van der Waals surface area contributed by atoms with Crippen LogP contribution in [0.25, 0.3) is 5.69 Å². The van der Waals surface area contributed by atoms with E-state index in [2.05, 4.69) is 15.3 Å². The first kappa shape index (κ1) is 18.6. The number of alkyl halides is 3. The number of hydrogen-bond acceptors (Lipinski definition) is 6. The van der Waals surface area contributed by atoms with Gasteiger partial charge in [-0.15, -0.1) is 5.10 Å². The third-order valence-corrected chi connectivity index (χ3v) is 3.71. The maximum absolute atomic E-state index is 12.8. The zero-order valence-electron chi connectivity index (χ0n) is 14.4. The third-order valence-electron chi connectivity index (χ3n) is 3.71. The van der Waals surface area contributed by atoms with Crippen molar-refractivity contribution in [1.29, 1.82) is 0 Å². The summed E-state index contributed by atoms with van der Waals surface area (Å²) < 4.78 is 50.0. The summed E-state index contributed by atoms with van der Waals surface area (Å²) in [5, 5.41) is 7.33. The molecule has 1 aromatic carbocycles. The second-order valence-corrected chi connectivity index (χ2v) is 5.64. The van der Waals surface area contributed by atoms with Gasteiger partial charge in [0.25, 0.3) is 0 Å². The quantitative estimate of drug-likeness (QED) is 0.630. The van der Waals surface area contributed by atoms with E-state index >= 15 is 0 Å². The first-order chi connectivity index (χ1) is 12.8. The highest BCUT2D eigenvalue weighted by molar-refractivity contribution is 5.86. The minimum absolute atomic E-state index is 0.120. The van der Waals surface area contributed by atoms with Gasteiger partial charge in [-0.25, -0.2) is 14.5 Å². The van der Waals surface area contributed by atoms with Crippen molar-refractivity contribution in [3.63, 3.8) is 0 Å². The monoisotopic (exact) mass is 380 g/mol. The van der Waals surface area contributed by atoms with E-state index in [1.54, 1.807) is 6.92 Å². The first-order valence-corrected chi connectivity index (χ1v) is 8.00. The number of benzene rings is 1. The van der Waals surface area contributed by atoms with Crippen LogP contribution in [0.3, 0.4) is 0 Å². The second-order valence-electron chi connectivity index (χ2n) is 5.64. The Morgan fingerprint density at radius 2 is 2.11 bits per heavy atom. The van der Waals surface area contributed by atoms with Crippen LogP contribution in [-0.4, -0.2) is 25.9 Å². The molecule has 3 aromatic rings. The fraction of sp³-hybridized carbons (Fsp3) is 0.294. The average Bonchev–Trinajstić information content (AvgIpc) is 3.26. The maximum atomic E-state index is 12.8. The van der Waals surface area contributed by atoms with Crippen LogP contribution in [0.5, 0.6) is 0 Å². The van der Waals surface area contributed by atoms with Crippen LogP contribution >= 0.6 is 0 Å². The van der Waals surface area contributed by atoms with Crippen molar-refractivity contribution < 1.29 is 27.1 Å². The summed E-state index contributed by atoms with van der Waals surface area (Å²) in [5.41, 5.74) is -0.227. The molecular weight excluding hydrogens is 365 g/mol. The van der Waals surface area contributed by atoms with Crippen molar-refractivity contribution in [2.45, 2.75) is 33.1 Å². The summed E-state index contributed by atoms with van der Waals surface area (Å²) in [5.74, 6) is 0.182. The Labute approximate surface area is 151 Å². The smallest absolute Gasteiger partial charge is 0.416 e. The van der Waals surface area contributed by atoms with Crippen molar-refractivity contribution in [2.75, 3.05) is 0 Å². The Balaban J connectivity index is 1.71. The molecule has 0 radical (unpaired) electrons. The van der Waals surface area contributed by atoms with E-state index in [1.807, 2.05) is 6.92 Å². The number of esters is 1. The molecule has 0 aliphatic rings. The molecule has 0 fully saturated rings. The fourth-order valence-corrected chi connectivity index (χ4v) is 2.29. The van der Waals surface area contributed by atoms with Crippen LogP contribution in [0, 0.1) is 6.92 Å². The highest BCUT2D eigenvalue weighted by atomic mass is 19.4. The normalized spacial score (nSPS) is 11.6. The van der Waals surface area contributed by atoms with E-state index in [4.69, 9.17) is 9.15 Å². The minimum Gasteiger partial charge on any atom is -0.453 e. The van der Waals surface area contributed by atoms with Crippen molar-refractivity contribution in [3.05, 3.63) is 59.1 Å². The Morgan fingerprint density at radius 3 is 2.78 bits per heavy atom. The van der Waals surface area contributed by atoms with Gasteiger partial charge in [0.15, 0.2) is 24.0 Å². The fourth-order valence-electron chi connectivity index (χ4n) is 2.29. The van der Waals surface area contributed by atoms with Gasteiger partial charge in [0.1, 0.15) is 0 Å². The number of aromatic nitrogens is 4. The van der Waals surface area contributed by atoms with Gasteiger partial charge in [-0.2, -0.15) is 13.2 Å². The Bertz CT molecular complexity index is 962. The zero-order chi connectivity index (χ0) is 19.6. The first-order valence-electron chi connectivity index (χ1n) is 8.00. The maximum Gasteiger partial charge on any atom is 0.416 e. The molecule has 2 heterocycles. The van der Waals surface area contributed by atoms with Crippen molar-refractivity contribution in [1.82, 2.24) is 20.0 Å². The highest BCUT2D eigenvalue weighted by Crippen LogP contribution is 2.30. The number of carbonyl (C=O) groups is 1. The summed E-state index contributed by atoms with van der Waals surface area (Å²) in [4.78, 5) is 16.3. The zero-order valence-corrected chi connectivity index (χ0v) is 14.4. The largest absolute Gasteiger partial charge is 0.453 e. The molecule has 0 aliphatic carbocycles.